The van der Waals surface area contributed by atoms with Gasteiger partial charge in [-0.1, -0.05) is 83.9 Å². The fourth-order valence-corrected chi connectivity index (χ4v) is 6.57. The zero-order valence-corrected chi connectivity index (χ0v) is 29.2. The summed E-state index contributed by atoms with van der Waals surface area (Å²) in [6.45, 7) is 12.2. The van der Waals surface area contributed by atoms with Gasteiger partial charge in [0.2, 0.25) is 11.4 Å². The lowest BCUT2D eigenvalue weighted by Crippen LogP contribution is -2.19. The number of hydrogen-bond donors (Lipinski definition) is 0. The number of hydrogen-bond acceptors (Lipinski definition) is 2. The number of aromatic nitrogens is 3. The van der Waals surface area contributed by atoms with Crippen LogP contribution in [0.25, 0.3) is 27.8 Å². The molecule has 0 radical (unpaired) electrons. The van der Waals surface area contributed by atoms with Crippen molar-refractivity contribution in [2.75, 3.05) is 0 Å². The first-order valence-electron chi connectivity index (χ1n) is 19.3. The summed E-state index contributed by atoms with van der Waals surface area (Å²) in [5.41, 5.74) is 3.82. The molecule has 0 spiro atoms. The number of rotatable bonds is 5. The lowest BCUT2D eigenvalue weighted by Gasteiger charge is -2.23. The monoisotopic (exact) mass is 680 g/mol. The summed E-state index contributed by atoms with van der Waals surface area (Å²) < 4.78 is 81.5. The van der Waals surface area contributed by atoms with Gasteiger partial charge in [-0.2, -0.15) is 8.78 Å². The topological polar surface area (TPSA) is 36.7 Å². The average molecular weight is 681 g/mol. The SMILES string of the molecule is [2H]c1c([2H])c([2H])c([N+]2=C=[N+](c3cc(C(C)(C)C)cc(C(F)(F)c4ccc5c6ncccc6n(-c6cc(C(C)(C)C)ccn6)c5c4)c3)c3ccccc32)c([2H])c1[2H]. The number of pyridine rings is 2. The highest BCUT2D eigenvalue weighted by Crippen LogP contribution is 2.44. The highest BCUT2D eigenvalue weighted by Gasteiger charge is 2.40. The first-order valence-corrected chi connectivity index (χ1v) is 16.8. The fourth-order valence-electron chi connectivity index (χ4n) is 6.57. The van der Waals surface area contributed by atoms with Gasteiger partial charge in [0.15, 0.2) is 0 Å². The minimum absolute atomic E-state index is 0.0933. The van der Waals surface area contributed by atoms with Gasteiger partial charge in [-0.05, 0) is 67.5 Å². The Labute approximate surface area is 303 Å². The van der Waals surface area contributed by atoms with Crippen molar-refractivity contribution in [1.82, 2.24) is 23.7 Å². The number of alkyl halides is 2. The van der Waals surface area contributed by atoms with E-state index in [4.69, 9.17) is 6.85 Å². The zero-order chi connectivity index (χ0) is 40.1. The molecule has 0 fully saturated rings. The summed E-state index contributed by atoms with van der Waals surface area (Å²) in [6, 6.07) is 25.1. The number of nitrogens with zero attached hydrogens (tertiary/aromatic N) is 5. The van der Waals surface area contributed by atoms with Gasteiger partial charge in [-0.25, -0.2) is 4.98 Å². The zero-order valence-electron chi connectivity index (χ0n) is 34.2. The van der Waals surface area contributed by atoms with Crippen molar-refractivity contribution < 1.29 is 15.6 Å². The van der Waals surface area contributed by atoms with Gasteiger partial charge in [-0.15, -0.1) is 0 Å². The van der Waals surface area contributed by atoms with Crippen LogP contribution in [-0.2, 0) is 16.8 Å². The van der Waals surface area contributed by atoms with Crippen LogP contribution in [0.4, 0.5) is 31.5 Å². The van der Waals surface area contributed by atoms with E-state index in [2.05, 4.69) is 36.7 Å². The summed E-state index contributed by atoms with van der Waals surface area (Å²) in [6.07, 6.45) is 3.43. The van der Waals surface area contributed by atoms with Crippen molar-refractivity contribution in [1.29, 1.82) is 0 Å². The molecule has 0 bridgehead atoms. The highest BCUT2D eigenvalue weighted by molar-refractivity contribution is 6.07. The Morgan fingerprint density at radius 1 is 0.627 bits per heavy atom. The van der Waals surface area contributed by atoms with Gasteiger partial charge in [0.05, 0.1) is 23.4 Å². The van der Waals surface area contributed by atoms with E-state index in [9.17, 15) is 0 Å². The molecule has 3 aromatic heterocycles. The standard InChI is InChI=1S/C44H39F2N5/c1-42(2,3)29-20-22-47-40(27-29)51-38-17-12-21-48-41(38)35-19-18-30(26-39(35)51)44(45,46)32-23-31(43(4,5)6)24-34(25-32)50-28-49(33-13-8-7-9-14-33)36-15-10-11-16-37(36)50/h7-27H,1-6H3/q+2/i7D,8D,9D,13D,14D. The molecule has 4 heterocycles. The fraction of sp³-hybridized carbons (Fsp3) is 0.205. The van der Waals surface area contributed by atoms with Crippen molar-refractivity contribution in [2.45, 2.75) is 58.3 Å². The molecule has 5 nitrogen and oxygen atoms in total. The molecule has 0 amide bonds. The minimum atomic E-state index is -3.48. The first-order chi connectivity index (χ1) is 26.4. The normalized spacial score (nSPS) is 14.8. The van der Waals surface area contributed by atoms with Gasteiger partial charge >= 0.3 is 6.01 Å². The average Bonchev–Trinajstić information content (AvgIpc) is 3.71. The van der Waals surface area contributed by atoms with Crippen molar-refractivity contribution in [2.24, 2.45) is 0 Å². The van der Waals surface area contributed by atoms with E-state index in [1.165, 1.54) is 28.8 Å². The lowest BCUT2D eigenvalue weighted by molar-refractivity contribution is 0.0428. The van der Waals surface area contributed by atoms with Crippen LogP contribution in [0.15, 0.2) is 128 Å². The van der Waals surface area contributed by atoms with Crippen LogP contribution in [0.2, 0.25) is 0 Å². The molecule has 1 aliphatic heterocycles. The highest BCUT2D eigenvalue weighted by atomic mass is 19.3. The predicted molar refractivity (Wildman–Crippen MR) is 204 cm³/mol. The van der Waals surface area contributed by atoms with Gasteiger partial charge < -0.3 is 0 Å². The molecule has 8 rings (SSSR count). The Kier molecular flexibility index (Phi) is 6.17. The van der Waals surface area contributed by atoms with Crippen LogP contribution in [0, 0.1) is 0 Å². The first kappa shape index (κ1) is 27.0. The largest absolute Gasteiger partial charge is 0.503 e. The van der Waals surface area contributed by atoms with Crippen molar-refractivity contribution in [3.8, 4) is 5.82 Å². The molecule has 0 aliphatic carbocycles. The van der Waals surface area contributed by atoms with Crippen LogP contribution in [0.1, 0.15) is 70.7 Å². The number of para-hydroxylation sites is 3. The molecule has 7 heteroatoms. The van der Waals surface area contributed by atoms with Gasteiger partial charge in [0, 0.05) is 65.3 Å². The van der Waals surface area contributed by atoms with E-state index in [-0.39, 0.29) is 22.2 Å². The second-order valence-corrected chi connectivity index (χ2v) is 14.9. The van der Waals surface area contributed by atoms with Gasteiger partial charge in [0.1, 0.15) is 5.82 Å². The van der Waals surface area contributed by atoms with Gasteiger partial charge in [-0.3, -0.25) is 9.55 Å². The van der Waals surface area contributed by atoms with Crippen LogP contribution < -0.4 is 9.15 Å². The quantitative estimate of drug-likeness (QED) is 0.170. The van der Waals surface area contributed by atoms with E-state index in [1.807, 2.05) is 55.7 Å². The minimum Gasteiger partial charge on any atom is -0.292 e. The lowest BCUT2D eigenvalue weighted by atomic mass is 9.84. The maximum Gasteiger partial charge on any atom is 0.503 e. The molecule has 51 heavy (non-hydrogen) atoms. The molecule has 1 aliphatic rings. The predicted octanol–water partition coefficient (Wildman–Crippen LogP) is 11.2. The van der Waals surface area contributed by atoms with E-state index in [0.717, 1.165) is 16.5 Å². The second-order valence-electron chi connectivity index (χ2n) is 14.9. The molecule has 0 saturated heterocycles. The number of fused-ring (bicyclic) bond motifs is 4. The van der Waals surface area contributed by atoms with E-state index in [1.54, 1.807) is 47.3 Å². The maximum atomic E-state index is 17.3. The third kappa shape index (κ3) is 5.55. The number of halogens is 2. The summed E-state index contributed by atoms with van der Waals surface area (Å²) in [5, 5.41) is 0.720. The van der Waals surface area contributed by atoms with Crippen molar-refractivity contribution in [3.63, 3.8) is 0 Å². The molecule has 0 atom stereocenters. The Morgan fingerprint density at radius 2 is 1.31 bits per heavy atom. The summed E-state index contributed by atoms with van der Waals surface area (Å²) >= 11 is 0. The molecule has 0 unspecified atom stereocenters. The molecule has 7 aromatic rings. The van der Waals surface area contributed by atoms with E-state index >= 15 is 8.78 Å². The molecule has 0 N–H and O–H groups in total. The Balaban J connectivity index is 1.35. The van der Waals surface area contributed by atoms with E-state index in [0.29, 0.717) is 39.5 Å². The molecule has 4 aromatic carbocycles. The van der Waals surface area contributed by atoms with Crippen LogP contribution in [0.3, 0.4) is 0 Å². The Hall–Kier alpha value is -5.78. The number of benzene rings is 4. The summed E-state index contributed by atoms with van der Waals surface area (Å²) in [5.74, 6) is -2.88. The van der Waals surface area contributed by atoms with Gasteiger partial charge in [0.25, 0.3) is 17.3 Å². The second kappa shape index (κ2) is 11.6. The summed E-state index contributed by atoms with van der Waals surface area (Å²) in [7, 11) is 0. The Bertz CT molecular complexity index is 2830. The Morgan fingerprint density at radius 3 is 2.02 bits per heavy atom. The third-order valence-electron chi connectivity index (χ3n) is 9.40. The van der Waals surface area contributed by atoms with Crippen LogP contribution in [-0.4, -0.2) is 20.5 Å². The van der Waals surface area contributed by atoms with Crippen molar-refractivity contribution in [3.05, 3.63) is 150 Å². The molecule has 0 saturated carbocycles. The van der Waals surface area contributed by atoms with Crippen LogP contribution in [0.5, 0.6) is 0 Å². The van der Waals surface area contributed by atoms with Crippen molar-refractivity contribution >= 4 is 50.7 Å². The molecular formula is C44H39F2N5+2. The summed E-state index contributed by atoms with van der Waals surface area (Å²) in [4.78, 5) is 9.32. The molecule has 252 valence electrons. The van der Waals surface area contributed by atoms with Crippen LogP contribution >= 0.6 is 0 Å². The third-order valence-corrected chi connectivity index (χ3v) is 9.40. The maximum absolute atomic E-state index is 17.3. The smallest absolute Gasteiger partial charge is 0.292 e. The van der Waals surface area contributed by atoms with E-state index < -0.39 is 41.5 Å². The molecular weight excluding hydrogens is 637 g/mol.